The van der Waals surface area contributed by atoms with Crippen molar-refractivity contribution in [3.8, 4) is 0 Å². The summed E-state index contributed by atoms with van der Waals surface area (Å²) in [6.07, 6.45) is 0. The van der Waals surface area contributed by atoms with Gasteiger partial charge in [0, 0.05) is 0 Å². The maximum Gasteiger partial charge on any atom is -0.0134 e. The summed E-state index contributed by atoms with van der Waals surface area (Å²) in [4.78, 5) is 0. The van der Waals surface area contributed by atoms with Gasteiger partial charge in [-0.2, -0.15) is 0 Å². The molecule has 0 saturated carbocycles. The predicted octanol–water partition coefficient (Wildman–Crippen LogP) is 3.32. The molecule has 1 nitrogen and oxygen atoms in total. The second-order valence-electron chi connectivity index (χ2n) is 4.34. The molecule has 0 fully saturated rings. The van der Waals surface area contributed by atoms with Crippen LogP contribution in [0.1, 0.15) is 0 Å². The Morgan fingerprint density at radius 3 is 0.952 bits per heavy atom. The van der Waals surface area contributed by atoms with Crippen molar-refractivity contribution in [2.75, 3.05) is 0 Å². The van der Waals surface area contributed by atoms with E-state index in [1.54, 1.807) is 0 Å². The summed E-state index contributed by atoms with van der Waals surface area (Å²) in [5.74, 6) is 0. The fraction of sp³-hybridized carbons (Fsp3) is 0. The Morgan fingerprint density at radius 1 is 0.476 bits per heavy atom. The van der Waals surface area contributed by atoms with Crippen LogP contribution in [-0.4, -0.2) is 0 Å². The van der Waals surface area contributed by atoms with E-state index in [1.165, 1.54) is 15.9 Å². The largest absolute Gasteiger partial charge is 0.0622 e. The molecule has 0 N–H and O–H groups in total. The molecule has 0 radical (unpaired) electrons. The van der Waals surface area contributed by atoms with Crippen LogP contribution in [0, 0.1) is 0 Å². The molecular weight excluding hydrogens is 327 g/mol. The number of rotatable bonds is 3. The fourth-order valence-corrected chi connectivity index (χ4v) is 4.48. The third kappa shape index (κ3) is 4.19. The molecule has 0 aliphatic heterocycles. The summed E-state index contributed by atoms with van der Waals surface area (Å²) in [5.41, 5.74) is 0. The molecule has 0 atom stereocenters. The average Bonchev–Trinajstić information content (AvgIpc) is 2.60. The van der Waals surface area contributed by atoms with Gasteiger partial charge in [-0.15, -0.1) is 0 Å². The molecule has 0 saturated heterocycles. The van der Waals surface area contributed by atoms with Gasteiger partial charge >= 0.3 is 19.8 Å². The van der Waals surface area contributed by atoms with Crippen LogP contribution in [-0.2, 0) is 19.8 Å². The van der Waals surface area contributed by atoms with Crippen LogP contribution in [0.15, 0.2) is 91.0 Å². The minimum atomic E-state index is -0.446. The van der Waals surface area contributed by atoms with Crippen molar-refractivity contribution in [1.82, 2.24) is 0 Å². The second kappa shape index (κ2) is 8.64. The topological polar surface area (TPSA) is 17.1 Å². The summed E-state index contributed by atoms with van der Waals surface area (Å²) in [7, 11) is -0.446. The van der Waals surface area contributed by atoms with Crippen LogP contribution in [0.2, 0.25) is 0 Å². The molecule has 0 heterocycles. The molecular formula is C18H15CuOP. The van der Waals surface area contributed by atoms with E-state index in [2.05, 4.69) is 107 Å². The van der Waals surface area contributed by atoms with Crippen LogP contribution in [0.5, 0.6) is 0 Å². The van der Waals surface area contributed by atoms with Gasteiger partial charge in [0.25, 0.3) is 0 Å². The number of hydrogen-bond acceptors (Lipinski definition) is 1. The Labute approximate surface area is 134 Å². The van der Waals surface area contributed by atoms with Crippen LogP contribution in [0.25, 0.3) is 0 Å². The third-order valence-corrected chi connectivity index (χ3v) is 5.49. The molecule has 3 rings (SSSR count). The van der Waals surface area contributed by atoms with E-state index in [4.69, 9.17) is 3.83 Å². The minimum absolute atomic E-state index is 0.446. The molecule has 109 valence electrons. The molecule has 3 aromatic carbocycles. The first-order chi connectivity index (χ1) is 10.4. The summed E-state index contributed by atoms with van der Waals surface area (Å²) < 4.78 is 7.81. The van der Waals surface area contributed by atoms with Gasteiger partial charge in [0.2, 0.25) is 0 Å². The maximum atomic E-state index is 7.81. The normalized spacial score (nSPS) is 9.86. The first kappa shape index (κ1) is 15.8. The van der Waals surface area contributed by atoms with Crippen molar-refractivity contribution in [3.05, 3.63) is 91.0 Å². The van der Waals surface area contributed by atoms with E-state index in [1.807, 2.05) is 0 Å². The first-order valence-electron chi connectivity index (χ1n) is 6.53. The van der Waals surface area contributed by atoms with Gasteiger partial charge in [0.15, 0.2) is 0 Å². The second-order valence-corrected chi connectivity index (χ2v) is 6.56. The monoisotopic (exact) mass is 341 g/mol. The van der Waals surface area contributed by atoms with Crippen molar-refractivity contribution < 1.29 is 19.8 Å². The van der Waals surface area contributed by atoms with Crippen molar-refractivity contribution in [2.45, 2.75) is 0 Å². The molecule has 3 aromatic rings. The SMILES string of the molecule is [O]=[Cu].c1ccc(P(c2ccccc2)c2ccccc2)cc1. The molecule has 0 unspecified atom stereocenters. The van der Waals surface area contributed by atoms with Gasteiger partial charge in [-0.3, -0.25) is 0 Å². The van der Waals surface area contributed by atoms with E-state index in [-0.39, 0.29) is 0 Å². The molecule has 0 aromatic heterocycles. The molecule has 21 heavy (non-hydrogen) atoms. The van der Waals surface area contributed by atoms with E-state index >= 15 is 0 Å². The van der Waals surface area contributed by atoms with Crippen LogP contribution < -0.4 is 15.9 Å². The van der Waals surface area contributed by atoms with E-state index in [0.717, 1.165) is 0 Å². The standard InChI is InChI=1S/C18H15P.Cu.O/c1-4-10-16(11-5-1)19(17-12-6-2-7-13-17)18-14-8-3-9-15-18;;/h1-15H;;. The van der Waals surface area contributed by atoms with E-state index < -0.39 is 7.92 Å². The molecule has 0 aliphatic rings. The summed E-state index contributed by atoms with van der Waals surface area (Å²) in [6.45, 7) is 0. The predicted molar refractivity (Wildman–Crippen MR) is 85.8 cm³/mol. The van der Waals surface area contributed by atoms with Gasteiger partial charge in [-0.1, -0.05) is 91.0 Å². The van der Waals surface area contributed by atoms with E-state index in [9.17, 15) is 0 Å². The Bertz CT molecular complexity index is 550. The molecule has 0 bridgehead atoms. The van der Waals surface area contributed by atoms with Crippen molar-refractivity contribution in [1.29, 1.82) is 0 Å². The third-order valence-electron chi connectivity index (χ3n) is 3.04. The zero-order valence-corrected chi connectivity index (χ0v) is 13.2. The first-order valence-corrected chi connectivity index (χ1v) is 8.25. The molecule has 0 aliphatic carbocycles. The minimum Gasteiger partial charge on any atom is -0.0622 e. The molecule has 0 amide bonds. The smallest absolute Gasteiger partial charge is 0.0134 e. The fourth-order valence-electron chi connectivity index (χ4n) is 2.18. The summed E-state index contributed by atoms with van der Waals surface area (Å²) in [5, 5.41) is 4.19. The van der Waals surface area contributed by atoms with Crippen LogP contribution in [0.4, 0.5) is 0 Å². The Balaban J connectivity index is 0.000000774. The average molecular weight is 342 g/mol. The number of hydrogen-bond donors (Lipinski definition) is 0. The summed E-state index contributed by atoms with van der Waals surface area (Å²) in [6, 6.07) is 32.3. The van der Waals surface area contributed by atoms with Crippen LogP contribution in [0.3, 0.4) is 0 Å². The summed E-state index contributed by atoms with van der Waals surface area (Å²) >= 11 is 2.94. The van der Waals surface area contributed by atoms with E-state index in [0.29, 0.717) is 0 Å². The van der Waals surface area contributed by atoms with Gasteiger partial charge in [-0.25, -0.2) is 0 Å². The Morgan fingerprint density at radius 2 is 0.714 bits per heavy atom. The Hall–Kier alpha value is -1.59. The molecule has 0 spiro atoms. The van der Waals surface area contributed by atoms with Crippen molar-refractivity contribution in [3.63, 3.8) is 0 Å². The van der Waals surface area contributed by atoms with Crippen molar-refractivity contribution in [2.24, 2.45) is 0 Å². The molecule has 3 heteroatoms. The Kier molecular flexibility index (Phi) is 6.50. The van der Waals surface area contributed by atoms with Gasteiger partial charge in [-0.05, 0) is 23.8 Å². The van der Waals surface area contributed by atoms with Crippen molar-refractivity contribution >= 4 is 23.8 Å². The van der Waals surface area contributed by atoms with Gasteiger partial charge < -0.3 is 0 Å². The zero-order valence-electron chi connectivity index (χ0n) is 11.3. The number of benzene rings is 3. The maximum absolute atomic E-state index is 7.81. The van der Waals surface area contributed by atoms with Crippen LogP contribution >= 0.6 is 7.92 Å². The van der Waals surface area contributed by atoms with Gasteiger partial charge in [0.05, 0.1) is 0 Å². The quantitative estimate of drug-likeness (QED) is 0.527. The van der Waals surface area contributed by atoms with Gasteiger partial charge in [0.1, 0.15) is 0 Å². The zero-order chi connectivity index (χ0) is 14.9.